The van der Waals surface area contributed by atoms with Crippen LogP contribution in [-0.4, -0.2) is 63.9 Å². The minimum atomic E-state index is 0.157. The van der Waals surface area contributed by atoms with Crippen LogP contribution >= 0.6 is 0 Å². The van der Waals surface area contributed by atoms with Crippen LogP contribution in [0.3, 0.4) is 0 Å². The summed E-state index contributed by atoms with van der Waals surface area (Å²) in [6.45, 7) is 7.53. The van der Waals surface area contributed by atoms with E-state index >= 15 is 0 Å². The highest BCUT2D eigenvalue weighted by Gasteiger charge is 2.19. The first-order valence-electron chi connectivity index (χ1n) is 13.0. The van der Waals surface area contributed by atoms with E-state index in [1.807, 2.05) is 17.0 Å². The predicted molar refractivity (Wildman–Crippen MR) is 147 cm³/mol. The standard InChI is InChI=1S/C30H36N4O3/c1-36-29-10-4-7-26(19-29)23-34(22-25-6-2-8-27(17-25)32-13-15-37-16-14-32)28-9-3-5-24(18-28)21-33-12-11-31-20-30(33)35/h2-10,17-19,31H,11-16,20-23H2,1H3. The summed E-state index contributed by atoms with van der Waals surface area (Å²) >= 11 is 0. The molecule has 0 aromatic heterocycles. The molecule has 7 heteroatoms. The zero-order valence-corrected chi connectivity index (χ0v) is 21.6. The topological polar surface area (TPSA) is 57.3 Å². The van der Waals surface area contributed by atoms with Gasteiger partial charge in [0.05, 0.1) is 26.9 Å². The zero-order chi connectivity index (χ0) is 25.5. The molecule has 0 radical (unpaired) electrons. The molecule has 1 N–H and O–H groups in total. The summed E-state index contributed by atoms with van der Waals surface area (Å²) in [5.74, 6) is 1.02. The van der Waals surface area contributed by atoms with Crippen molar-refractivity contribution in [2.45, 2.75) is 19.6 Å². The van der Waals surface area contributed by atoms with Crippen LogP contribution in [0.4, 0.5) is 11.4 Å². The Kier molecular flexibility index (Phi) is 8.23. The molecule has 1 amide bonds. The second-order valence-corrected chi connectivity index (χ2v) is 9.64. The fourth-order valence-corrected chi connectivity index (χ4v) is 5.01. The van der Waals surface area contributed by atoms with Crippen molar-refractivity contribution in [3.63, 3.8) is 0 Å². The number of hydrogen-bond acceptors (Lipinski definition) is 6. The first-order valence-corrected chi connectivity index (χ1v) is 13.0. The van der Waals surface area contributed by atoms with Crippen molar-refractivity contribution in [1.29, 1.82) is 0 Å². The van der Waals surface area contributed by atoms with Gasteiger partial charge < -0.3 is 29.5 Å². The van der Waals surface area contributed by atoms with E-state index in [2.05, 4.69) is 75.8 Å². The lowest BCUT2D eigenvalue weighted by Crippen LogP contribution is -2.47. The maximum Gasteiger partial charge on any atom is 0.236 e. The van der Waals surface area contributed by atoms with Crippen molar-refractivity contribution in [1.82, 2.24) is 10.2 Å². The molecule has 0 atom stereocenters. The van der Waals surface area contributed by atoms with Crippen molar-refractivity contribution in [3.8, 4) is 5.75 Å². The van der Waals surface area contributed by atoms with Crippen molar-refractivity contribution < 1.29 is 14.3 Å². The van der Waals surface area contributed by atoms with E-state index in [9.17, 15) is 4.79 Å². The van der Waals surface area contributed by atoms with Crippen LogP contribution in [0.2, 0.25) is 0 Å². The largest absolute Gasteiger partial charge is 0.497 e. The van der Waals surface area contributed by atoms with Gasteiger partial charge >= 0.3 is 0 Å². The molecule has 7 nitrogen and oxygen atoms in total. The Balaban J connectivity index is 1.40. The molecule has 5 rings (SSSR count). The first kappa shape index (κ1) is 25.1. The summed E-state index contributed by atoms with van der Waals surface area (Å²) in [4.78, 5) is 19.1. The number of rotatable bonds is 9. The Bertz CT molecular complexity index is 1190. The van der Waals surface area contributed by atoms with Gasteiger partial charge in [-0.15, -0.1) is 0 Å². The minimum Gasteiger partial charge on any atom is -0.497 e. The van der Waals surface area contributed by atoms with Gasteiger partial charge in [0.25, 0.3) is 0 Å². The van der Waals surface area contributed by atoms with Gasteiger partial charge in [-0.05, 0) is 53.1 Å². The third-order valence-electron chi connectivity index (χ3n) is 7.00. The van der Waals surface area contributed by atoms with Crippen LogP contribution in [-0.2, 0) is 29.2 Å². The molecular weight excluding hydrogens is 464 g/mol. The van der Waals surface area contributed by atoms with Gasteiger partial charge in [-0.3, -0.25) is 4.79 Å². The summed E-state index contributed by atoms with van der Waals surface area (Å²) in [5.41, 5.74) is 5.97. The summed E-state index contributed by atoms with van der Waals surface area (Å²) in [7, 11) is 1.70. The molecule has 3 aromatic rings. The second kappa shape index (κ2) is 12.1. The number of morpholine rings is 1. The number of anilines is 2. The van der Waals surface area contributed by atoms with Gasteiger partial charge in [0, 0.05) is 57.2 Å². The number of hydrogen-bond donors (Lipinski definition) is 1. The fourth-order valence-electron chi connectivity index (χ4n) is 5.01. The van der Waals surface area contributed by atoms with Crippen LogP contribution in [0, 0.1) is 0 Å². The van der Waals surface area contributed by atoms with Crippen molar-refractivity contribution in [2.24, 2.45) is 0 Å². The molecule has 194 valence electrons. The summed E-state index contributed by atoms with van der Waals surface area (Å²) in [5, 5.41) is 3.15. The molecular formula is C30H36N4O3. The number of nitrogens with one attached hydrogen (secondary N) is 1. The Hall–Kier alpha value is -3.55. The highest BCUT2D eigenvalue weighted by Crippen LogP contribution is 2.26. The molecule has 0 saturated carbocycles. The SMILES string of the molecule is COc1cccc(CN(Cc2cccc(N3CCOCC3)c2)c2cccc(CN3CCNCC3=O)c2)c1. The highest BCUT2D eigenvalue weighted by atomic mass is 16.5. The lowest BCUT2D eigenvalue weighted by atomic mass is 10.1. The van der Waals surface area contributed by atoms with Crippen LogP contribution in [0.15, 0.2) is 72.8 Å². The number of nitrogens with zero attached hydrogens (tertiary/aromatic N) is 3. The normalized spacial score (nSPS) is 16.1. The fraction of sp³-hybridized carbons (Fsp3) is 0.367. The van der Waals surface area contributed by atoms with Crippen LogP contribution in [0.1, 0.15) is 16.7 Å². The van der Waals surface area contributed by atoms with E-state index in [4.69, 9.17) is 9.47 Å². The molecule has 2 fully saturated rings. The Morgan fingerprint density at radius 3 is 2.41 bits per heavy atom. The quantitative estimate of drug-likeness (QED) is 0.484. The van der Waals surface area contributed by atoms with Gasteiger partial charge in [0.15, 0.2) is 0 Å². The van der Waals surface area contributed by atoms with Crippen LogP contribution in [0.5, 0.6) is 5.75 Å². The van der Waals surface area contributed by atoms with Gasteiger partial charge in [-0.25, -0.2) is 0 Å². The van der Waals surface area contributed by atoms with E-state index in [0.29, 0.717) is 13.1 Å². The predicted octanol–water partition coefficient (Wildman–Crippen LogP) is 3.67. The summed E-state index contributed by atoms with van der Waals surface area (Å²) in [6.07, 6.45) is 0. The minimum absolute atomic E-state index is 0.157. The molecule has 2 heterocycles. The number of amides is 1. The average molecular weight is 501 g/mol. The number of carbonyl (C=O) groups is 1. The molecule has 0 aliphatic carbocycles. The van der Waals surface area contributed by atoms with Gasteiger partial charge in [-0.1, -0.05) is 36.4 Å². The smallest absolute Gasteiger partial charge is 0.236 e. The van der Waals surface area contributed by atoms with E-state index in [0.717, 1.165) is 69.5 Å². The lowest BCUT2D eigenvalue weighted by Gasteiger charge is -2.30. The molecule has 0 bridgehead atoms. The molecule has 2 aliphatic rings. The Morgan fingerprint density at radius 1 is 0.892 bits per heavy atom. The van der Waals surface area contributed by atoms with Gasteiger partial charge in [-0.2, -0.15) is 0 Å². The molecule has 37 heavy (non-hydrogen) atoms. The van der Waals surface area contributed by atoms with Crippen LogP contribution < -0.4 is 19.9 Å². The van der Waals surface area contributed by atoms with E-state index in [1.54, 1.807) is 7.11 Å². The van der Waals surface area contributed by atoms with E-state index in [-0.39, 0.29) is 5.91 Å². The van der Waals surface area contributed by atoms with Gasteiger partial charge in [0.2, 0.25) is 5.91 Å². The van der Waals surface area contributed by atoms with E-state index in [1.165, 1.54) is 16.8 Å². The lowest BCUT2D eigenvalue weighted by molar-refractivity contribution is -0.132. The molecule has 0 unspecified atom stereocenters. The van der Waals surface area contributed by atoms with Crippen molar-refractivity contribution in [3.05, 3.63) is 89.5 Å². The number of benzene rings is 3. The number of ether oxygens (including phenoxy) is 2. The number of piperazine rings is 1. The van der Waals surface area contributed by atoms with E-state index < -0.39 is 0 Å². The van der Waals surface area contributed by atoms with Gasteiger partial charge in [0.1, 0.15) is 5.75 Å². The summed E-state index contributed by atoms with van der Waals surface area (Å²) in [6, 6.07) is 25.7. The van der Waals surface area contributed by atoms with Crippen molar-refractivity contribution in [2.75, 3.05) is 62.8 Å². The Morgan fingerprint density at radius 2 is 1.62 bits per heavy atom. The Labute approximate surface area is 219 Å². The zero-order valence-electron chi connectivity index (χ0n) is 21.6. The third kappa shape index (κ3) is 6.61. The molecule has 2 saturated heterocycles. The molecule has 2 aliphatic heterocycles. The second-order valence-electron chi connectivity index (χ2n) is 9.64. The number of methoxy groups -OCH3 is 1. The molecule has 3 aromatic carbocycles. The summed E-state index contributed by atoms with van der Waals surface area (Å²) < 4.78 is 11.0. The third-order valence-corrected chi connectivity index (χ3v) is 7.00. The van der Waals surface area contributed by atoms with Crippen LogP contribution in [0.25, 0.3) is 0 Å². The maximum absolute atomic E-state index is 12.4. The maximum atomic E-state index is 12.4. The first-order chi connectivity index (χ1) is 18.2. The average Bonchev–Trinajstić information content (AvgIpc) is 2.95. The highest BCUT2D eigenvalue weighted by molar-refractivity contribution is 5.79. The molecule has 0 spiro atoms. The number of carbonyl (C=O) groups excluding carboxylic acids is 1. The van der Waals surface area contributed by atoms with Crippen molar-refractivity contribution >= 4 is 17.3 Å². The monoisotopic (exact) mass is 500 g/mol.